The van der Waals surface area contributed by atoms with Gasteiger partial charge >= 0.3 is 0 Å². The third-order valence-corrected chi connectivity index (χ3v) is 29.9. The number of aryl methyl sites for hydroxylation is 4. The average Bonchev–Trinajstić information content (AvgIpc) is 0.853. The second-order valence-electron chi connectivity index (χ2n) is 36.8. The van der Waals surface area contributed by atoms with Gasteiger partial charge in [-0.15, -0.1) is 0 Å². The van der Waals surface area contributed by atoms with Gasteiger partial charge in [0.05, 0.1) is 0 Å². The summed E-state index contributed by atoms with van der Waals surface area (Å²) in [5.74, 6) is 16.0. The summed E-state index contributed by atoms with van der Waals surface area (Å²) in [6.45, 7) is 18.5. The van der Waals surface area contributed by atoms with Crippen LogP contribution in [0, 0.1) is 71.0 Å². The lowest BCUT2D eigenvalue weighted by atomic mass is 9.68. The van der Waals surface area contributed by atoms with E-state index in [-0.39, 0.29) is 0 Å². The van der Waals surface area contributed by atoms with Gasteiger partial charge in [-0.1, -0.05) is 294 Å². The molecule has 0 radical (unpaired) electrons. The molecule has 4 aromatic rings. The van der Waals surface area contributed by atoms with E-state index in [0.717, 1.165) is 94.7 Å². The molecule has 0 unspecified atom stereocenters. The van der Waals surface area contributed by atoms with Crippen molar-refractivity contribution in [2.45, 2.75) is 426 Å². The van der Waals surface area contributed by atoms with Crippen LogP contribution in [0.1, 0.15) is 445 Å². The number of hydrogen-bond donors (Lipinski definition) is 0. The van der Waals surface area contributed by atoms with E-state index in [4.69, 9.17) is 0 Å². The Balaban J connectivity index is 0.000000158. The van der Waals surface area contributed by atoms with Gasteiger partial charge in [0.15, 0.2) is 0 Å². The number of unbranched alkanes of at least 4 members (excludes halogenated alkanes) is 7. The van der Waals surface area contributed by atoms with Crippen LogP contribution in [0.25, 0.3) is 0 Å². The van der Waals surface area contributed by atoms with E-state index in [0.29, 0.717) is 0 Å². The molecule has 102 heavy (non-hydrogen) atoms. The first-order chi connectivity index (χ1) is 50.2. The van der Waals surface area contributed by atoms with E-state index in [9.17, 15) is 0 Å². The Morgan fingerprint density at radius 1 is 0.186 bits per heavy atom. The molecule has 8 fully saturated rings. The van der Waals surface area contributed by atoms with Gasteiger partial charge in [0.1, 0.15) is 0 Å². The van der Waals surface area contributed by atoms with E-state index < -0.39 is 0 Å². The van der Waals surface area contributed by atoms with Crippen molar-refractivity contribution in [3.63, 3.8) is 0 Å². The molecule has 0 aromatic heterocycles. The number of benzene rings is 4. The molecule has 0 saturated heterocycles. The first-order valence-electron chi connectivity index (χ1n) is 46.5. The number of hydrogen-bond acceptors (Lipinski definition) is 0. The lowest BCUT2D eigenvalue weighted by Crippen LogP contribution is -2.25. The van der Waals surface area contributed by atoms with Crippen LogP contribution in [0.5, 0.6) is 0 Å². The molecule has 0 heterocycles. The number of rotatable bonds is 30. The molecule has 4 aromatic carbocycles. The second kappa shape index (κ2) is 47.6. The zero-order valence-electron chi connectivity index (χ0n) is 68.7. The summed E-state index contributed by atoms with van der Waals surface area (Å²) in [7, 11) is 0. The normalized spacial score (nSPS) is 30.0. The summed E-state index contributed by atoms with van der Waals surface area (Å²) in [5.41, 5.74) is 12.6. The van der Waals surface area contributed by atoms with Crippen LogP contribution in [-0.4, -0.2) is 0 Å². The molecule has 572 valence electrons. The van der Waals surface area contributed by atoms with Gasteiger partial charge in [0, 0.05) is 0 Å². The lowest BCUT2D eigenvalue weighted by Gasteiger charge is -2.38. The summed E-state index contributed by atoms with van der Waals surface area (Å²) < 4.78 is 0. The largest absolute Gasteiger partial charge is 0.0654 e. The molecule has 8 aliphatic carbocycles. The standard InChI is InChI=1S/C27H44.C26H42.C25H40.C24H38/c1-3-5-7-9-23-12-16-25(17-13-23)27-20-18-26(19-21-27)24-14-10-22(11-15-24)8-6-4-2;1-3-5-7-21-9-13-23(14-10-21)25-17-19-26(20-18-25)24-15-11-22(12-16-24)8-6-4-2;1-3-5-7-21-10-14-23(15-11-21)25-18-16-24(17-19-25)22-12-8-20(6-4-2)9-13-22;1-3-5-6-20-9-13-22(14-10-20)24-17-15-23(16-18-24)21-11-7-19(4-2)8-12-21/h10-11,14-15,23,25-27H,3-9,12-13,16-21H2,1-2H3;9-10,13-14,22,24-26H,3-8,11-12,15-20H2,1-2H3;10-11,14-15,20,22,24-25H,3-9,12-13,16-19H2,1-2H3;9-10,13-14,19,21,23-24H,3-8,11-12,15-18H2,1-2H3. The van der Waals surface area contributed by atoms with Crippen LogP contribution in [0.3, 0.4) is 0 Å². The predicted molar refractivity (Wildman–Crippen MR) is 450 cm³/mol. The summed E-state index contributed by atoms with van der Waals surface area (Å²) >= 11 is 0. The molecule has 0 bridgehead atoms. The predicted octanol–water partition coefficient (Wildman–Crippen LogP) is 32.4. The van der Waals surface area contributed by atoms with Crippen molar-refractivity contribution in [1.82, 2.24) is 0 Å². The first-order valence-corrected chi connectivity index (χ1v) is 46.5. The highest BCUT2D eigenvalue weighted by molar-refractivity contribution is 5.29. The van der Waals surface area contributed by atoms with Crippen LogP contribution in [-0.2, 0) is 25.7 Å². The van der Waals surface area contributed by atoms with E-state index in [1.165, 1.54) is 369 Å². The smallest absolute Gasteiger partial charge is 0.0162 e. The van der Waals surface area contributed by atoms with E-state index in [1.54, 1.807) is 22.3 Å². The zero-order chi connectivity index (χ0) is 71.4. The molecule has 12 rings (SSSR count). The van der Waals surface area contributed by atoms with Gasteiger partial charge in [0.2, 0.25) is 0 Å². The van der Waals surface area contributed by atoms with Gasteiger partial charge in [-0.05, 0) is 345 Å². The van der Waals surface area contributed by atoms with Gasteiger partial charge < -0.3 is 0 Å². The van der Waals surface area contributed by atoms with Gasteiger partial charge in [0.25, 0.3) is 0 Å². The van der Waals surface area contributed by atoms with Crippen LogP contribution < -0.4 is 0 Å². The maximum atomic E-state index is 2.44. The van der Waals surface area contributed by atoms with Crippen molar-refractivity contribution >= 4 is 0 Å². The Morgan fingerprint density at radius 3 is 0.608 bits per heavy atom. The van der Waals surface area contributed by atoms with Crippen LogP contribution in [0.2, 0.25) is 0 Å². The topological polar surface area (TPSA) is 0 Å². The fraction of sp³-hybridized carbons (Fsp3) is 0.765. The Kier molecular flexibility index (Phi) is 38.7. The van der Waals surface area contributed by atoms with Crippen molar-refractivity contribution in [2.24, 2.45) is 71.0 Å². The SMILES string of the molecule is CCCCCC1CCC(C2CCC(c3ccc(CCCC)cc3)CC2)CC1.CCCCc1ccc(C2CCC(C3CCC(CC)CC3)CC2)cc1.CCCCc1ccc(C2CCC(C3CCC(CCC)CC3)CC2)cc1.CCCCc1ccc(C2CCC(C3CCC(CCCC)CC3)CC2)cc1. The molecule has 0 atom stereocenters. The maximum Gasteiger partial charge on any atom is -0.0162 e. The molecule has 0 spiro atoms. The molecule has 0 amide bonds. The fourth-order valence-electron chi connectivity index (χ4n) is 22.5. The third-order valence-electron chi connectivity index (χ3n) is 29.9. The van der Waals surface area contributed by atoms with E-state index >= 15 is 0 Å². The highest BCUT2D eigenvalue weighted by Gasteiger charge is 2.36. The summed E-state index contributed by atoms with van der Waals surface area (Å²) in [4.78, 5) is 0. The fourth-order valence-corrected chi connectivity index (χ4v) is 22.5. The molecular formula is C102H164. The van der Waals surface area contributed by atoms with Crippen molar-refractivity contribution in [2.75, 3.05) is 0 Å². The molecule has 0 N–H and O–H groups in total. The minimum Gasteiger partial charge on any atom is -0.0654 e. The van der Waals surface area contributed by atoms with Crippen LogP contribution >= 0.6 is 0 Å². The minimum absolute atomic E-state index is 0.840. The van der Waals surface area contributed by atoms with E-state index in [1.807, 2.05) is 0 Å². The summed E-state index contributed by atoms with van der Waals surface area (Å²) in [5, 5.41) is 0. The highest BCUT2D eigenvalue weighted by Crippen LogP contribution is 2.49. The van der Waals surface area contributed by atoms with Gasteiger partial charge in [-0.25, -0.2) is 0 Å². The molecule has 0 nitrogen and oxygen atoms in total. The van der Waals surface area contributed by atoms with Crippen LogP contribution in [0.15, 0.2) is 97.1 Å². The molecular weight excluding hydrogens is 1230 g/mol. The lowest BCUT2D eigenvalue weighted by molar-refractivity contribution is 0.155. The maximum absolute atomic E-state index is 2.44. The van der Waals surface area contributed by atoms with Crippen LogP contribution in [0.4, 0.5) is 0 Å². The first kappa shape index (κ1) is 82.9. The molecule has 8 saturated carbocycles. The Bertz CT molecular complexity index is 2660. The third kappa shape index (κ3) is 27.8. The van der Waals surface area contributed by atoms with Crippen molar-refractivity contribution in [3.8, 4) is 0 Å². The monoisotopic (exact) mass is 1390 g/mol. The molecule has 0 heteroatoms. The summed E-state index contributed by atoms with van der Waals surface area (Å²) in [6, 6.07) is 38.7. The van der Waals surface area contributed by atoms with Crippen molar-refractivity contribution in [3.05, 3.63) is 142 Å². The minimum atomic E-state index is 0.840. The highest BCUT2D eigenvalue weighted by atomic mass is 14.4. The van der Waals surface area contributed by atoms with Gasteiger partial charge in [-0.3, -0.25) is 0 Å². The zero-order valence-corrected chi connectivity index (χ0v) is 68.7. The Morgan fingerprint density at radius 2 is 0.392 bits per heavy atom. The van der Waals surface area contributed by atoms with Crippen molar-refractivity contribution < 1.29 is 0 Å². The average molecular weight is 1390 g/mol. The van der Waals surface area contributed by atoms with Gasteiger partial charge in [-0.2, -0.15) is 0 Å². The molecule has 0 aliphatic heterocycles. The summed E-state index contributed by atoms with van der Waals surface area (Å²) in [6.07, 6.45) is 77.9. The quantitative estimate of drug-likeness (QED) is 0.0457. The van der Waals surface area contributed by atoms with Crippen molar-refractivity contribution in [1.29, 1.82) is 0 Å². The Labute approximate surface area is 634 Å². The Hall–Kier alpha value is -3.12. The van der Waals surface area contributed by atoms with E-state index in [2.05, 4.69) is 152 Å². The molecule has 8 aliphatic rings. The second-order valence-corrected chi connectivity index (χ2v) is 36.8.